The number of morpholine rings is 1. The van der Waals surface area contributed by atoms with Crippen LogP contribution in [0, 0.1) is 10.1 Å². The Balaban J connectivity index is 1.97. The van der Waals surface area contributed by atoms with Crippen LogP contribution in [0.25, 0.3) is 0 Å². The molecule has 0 bridgehead atoms. The Labute approximate surface area is 187 Å². The fourth-order valence-electron chi connectivity index (χ4n) is 3.35. The van der Waals surface area contributed by atoms with Crippen molar-refractivity contribution in [3.8, 4) is 0 Å². The summed E-state index contributed by atoms with van der Waals surface area (Å²) in [6, 6.07) is 6.97. The molecule has 0 saturated carbocycles. The van der Waals surface area contributed by atoms with Crippen LogP contribution in [0.15, 0.2) is 24.3 Å². The summed E-state index contributed by atoms with van der Waals surface area (Å²) in [5.41, 5.74) is 0.979. The van der Waals surface area contributed by atoms with Crippen LogP contribution in [-0.2, 0) is 23.8 Å². The van der Waals surface area contributed by atoms with E-state index in [0.29, 0.717) is 56.7 Å². The van der Waals surface area contributed by atoms with Gasteiger partial charge in [-0.25, -0.2) is 4.79 Å². The number of ether oxygens (including phenoxy) is 3. The second-order valence-corrected chi connectivity index (χ2v) is 7.50. The zero-order chi connectivity index (χ0) is 23.2. The van der Waals surface area contributed by atoms with E-state index in [9.17, 15) is 19.7 Å². The van der Waals surface area contributed by atoms with Gasteiger partial charge >= 0.3 is 11.9 Å². The van der Waals surface area contributed by atoms with Crippen molar-refractivity contribution in [2.45, 2.75) is 45.1 Å². The highest BCUT2D eigenvalue weighted by atomic mass is 16.9. The minimum atomic E-state index is -0.848. The summed E-state index contributed by atoms with van der Waals surface area (Å²) in [7, 11) is 0. The lowest BCUT2D eigenvalue weighted by atomic mass is 9.98. The molecule has 1 fully saturated rings. The number of carbonyl (C=O) groups is 2. The summed E-state index contributed by atoms with van der Waals surface area (Å²) in [5, 5.41) is 9.30. The molecule has 32 heavy (non-hydrogen) atoms. The highest BCUT2D eigenvalue weighted by Crippen LogP contribution is 2.28. The lowest BCUT2D eigenvalue weighted by molar-refractivity contribution is -0.757. The summed E-state index contributed by atoms with van der Waals surface area (Å²) in [6.45, 7) is 4.87. The van der Waals surface area contributed by atoms with Crippen LogP contribution in [0.2, 0.25) is 0 Å². The molecule has 10 nitrogen and oxygen atoms in total. The maximum absolute atomic E-state index is 12.7. The second-order valence-electron chi connectivity index (χ2n) is 7.50. The number of nitrogens with zero attached hydrogens (tertiary/aromatic N) is 2. The average molecular weight is 453 g/mol. The van der Waals surface area contributed by atoms with Crippen molar-refractivity contribution in [1.82, 2.24) is 4.90 Å². The standard InChI is InChI=1S/C22H32N2O8/c1-2-3-10-20(32-21(25)17-23-11-15-29-16-12-23)18-8-4-5-9-19(18)22(26)30-13-6-7-14-31-24(27)28/h4-5,8-9,20H,2-3,6-7,10-17H2,1H3. The van der Waals surface area contributed by atoms with E-state index < -0.39 is 17.2 Å². The topological polar surface area (TPSA) is 117 Å². The van der Waals surface area contributed by atoms with Crippen molar-refractivity contribution in [2.24, 2.45) is 0 Å². The predicted octanol–water partition coefficient (Wildman–Crippen LogP) is 2.94. The summed E-state index contributed by atoms with van der Waals surface area (Å²) in [4.78, 5) is 41.6. The molecule has 1 aromatic rings. The molecule has 0 aromatic heterocycles. The van der Waals surface area contributed by atoms with Crippen LogP contribution in [0.5, 0.6) is 0 Å². The van der Waals surface area contributed by atoms with Gasteiger partial charge in [-0.15, -0.1) is 10.1 Å². The van der Waals surface area contributed by atoms with Crippen LogP contribution in [0.1, 0.15) is 61.1 Å². The van der Waals surface area contributed by atoms with E-state index in [1.807, 2.05) is 4.90 Å². The van der Waals surface area contributed by atoms with Crippen molar-refractivity contribution >= 4 is 11.9 Å². The number of hydrogen-bond acceptors (Lipinski definition) is 9. The Morgan fingerprint density at radius 2 is 1.88 bits per heavy atom. The molecule has 0 amide bonds. The zero-order valence-corrected chi connectivity index (χ0v) is 18.5. The van der Waals surface area contributed by atoms with E-state index in [-0.39, 0.29) is 25.7 Å². The molecule has 1 aliphatic rings. The van der Waals surface area contributed by atoms with Crippen molar-refractivity contribution in [1.29, 1.82) is 0 Å². The van der Waals surface area contributed by atoms with Gasteiger partial charge in [0.1, 0.15) is 6.10 Å². The molecule has 10 heteroatoms. The van der Waals surface area contributed by atoms with Crippen LogP contribution in [-0.4, -0.2) is 68.0 Å². The Morgan fingerprint density at radius 3 is 2.59 bits per heavy atom. The van der Waals surface area contributed by atoms with Gasteiger partial charge in [0.2, 0.25) is 0 Å². The average Bonchev–Trinajstić information content (AvgIpc) is 2.79. The highest BCUT2D eigenvalue weighted by molar-refractivity contribution is 5.91. The molecule has 0 spiro atoms. The number of esters is 2. The first kappa shape index (κ1) is 25.5. The normalized spacial score (nSPS) is 15.0. The molecule has 2 rings (SSSR count). The summed E-state index contributed by atoms with van der Waals surface area (Å²) in [6.07, 6.45) is 2.67. The van der Waals surface area contributed by atoms with Gasteiger partial charge < -0.3 is 19.0 Å². The molecule has 0 N–H and O–H groups in total. The van der Waals surface area contributed by atoms with Gasteiger partial charge in [0.15, 0.2) is 0 Å². The van der Waals surface area contributed by atoms with E-state index in [1.165, 1.54) is 0 Å². The highest BCUT2D eigenvalue weighted by Gasteiger charge is 2.24. The molecule has 1 aliphatic heterocycles. The Hall–Kier alpha value is -2.72. The van der Waals surface area contributed by atoms with Gasteiger partial charge in [-0.2, -0.15) is 0 Å². The Morgan fingerprint density at radius 1 is 1.16 bits per heavy atom. The molecule has 1 unspecified atom stereocenters. The smallest absolute Gasteiger partial charge is 0.338 e. The van der Waals surface area contributed by atoms with Crippen molar-refractivity contribution in [3.63, 3.8) is 0 Å². The molecular weight excluding hydrogens is 420 g/mol. The van der Waals surface area contributed by atoms with Gasteiger partial charge in [-0.05, 0) is 31.7 Å². The molecule has 178 valence electrons. The molecule has 0 aliphatic carbocycles. The van der Waals surface area contributed by atoms with Gasteiger partial charge in [0, 0.05) is 18.7 Å². The maximum Gasteiger partial charge on any atom is 0.338 e. The van der Waals surface area contributed by atoms with E-state index in [2.05, 4.69) is 11.8 Å². The van der Waals surface area contributed by atoms with Gasteiger partial charge in [0.25, 0.3) is 5.09 Å². The number of hydrogen-bond donors (Lipinski definition) is 0. The Kier molecular flexibility index (Phi) is 11.5. The lowest BCUT2D eigenvalue weighted by Crippen LogP contribution is -2.40. The van der Waals surface area contributed by atoms with Crippen molar-refractivity contribution < 1.29 is 33.7 Å². The largest absolute Gasteiger partial charge is 0.462 e. The van der Waals surface area contributed by atoms with Crippen LogP contribution < -0.4 is 0 Å². The van der Waals surface area contributed by atoms with E-state index in [0.717, 1.165) is 12.8 Å². The second kappa shape index (κ2) is 14.4. The summed E-state index contributed by atoms with van der Waals surface area (Å²) < 4.78 is 16.4. The number of unbranched alkanes of at least 4 members (excludes halogenated alkanes) is 2. The SMILES string of the molecule is CCCCC(OC(=O)CN1CCOCC1)c1ccccc1C(=O)OCCCCO[N+](=O)[O-]. The van der Waals surface area contributed by atoms with Gasteiger partial charge in [0.05, 0.1) is 38.5 Å². The third-order valence-corrected chi connectivity index (χ3v) is 5.05. The fraction of sp³-hybridized carbons (Fsp3) is 0.636. The molecule has 1 saturated heterocycles. The third kappa shape index (κ3) is 9.19. The van der Waals surface area contributed by atoms with E-state index in [1.54, 1.807) is 24.3 Å². The molecule has 1 aromatic carbocycles. The van der Waals surface area contributed by atoms with Crippen molar-refractivity contribution in [2.75, 3.05) is 46.1 Å². The number of benzene rings is 1. The monoisotopic (exact) mass is 452 g/mol. The van der Waals surface area contributed by atoms with Crippen molar-refractivity contribution in [3.05, 3.63) is 45.5 Å². The number of rotatable bonds is 14. The quantitative estimate of drug-likeness (QED) is 0.182. The van der Waals surface area contributed by atoms with Crippen LogP contribution in [0.3, 0.4) is 0 Å². The molecule has 0 radical (unpaired) electrons. The summed E-state index contributed by atoms with van der Waals surface area (Å²) >= 11 is 0. The third-order valence-electron chi connectivity index (χ3n) is 5.05. The van der Waals surface area contributed by atoms with Crippen LogP contribution in [0.4, 0.5) is 0 Å². The molecular formula is C22H32N2O8. The van der Waals surface area contributed by atoms with Gasteiger partial charge in [-0.1, -0.05) is 31.5 Å². The van der Waals surface area contributed by atoms with E-state index in [4.69, 9.17) is 14.2 Å². The fourth-order valence-corrected chi connectivity index (χ4v) is 3.35. The van der Waals surface area contributed by atoms with Crippen LogP contribution >= 0.6 is 0 Å². The number of carbonyl (C=O) groups excluding carboxylic acids is 2. The lowest BCUT2D eigenvalue weighted by Gasteiger charge is -2.27. The zero-order valence-electron chi connectivity index (χ0n) is 18.5. The molecule has 1 atom stereocenters. The van der Waals surface area contributed by atoms with Gasteiger partial charge in [-0.3, -0.25) is 9.69 Å². The Bertz CT molecular complexity index is 736. The first-order valence-electron chi connectivity index (χ1n) is 11.0. The minimum absolute atomic E-state index is 0.0423. The molecule has 1 heterocycles. The van der Waals surface area contributed by atoms with E-state index >= 15 is 0 Å². The first-order valence-corrected chi connectivity index (χ1v) is 11.0. The first-order chi connectivity index (χ1) is 15.5. The predicted molar refractivity (Wildman–Crippen MR) is 115 cm³/mol. The summed E-state index contributed by atoms with van der Waals surface area (Å²) in [5.74, 6) is -0.844. The minimum Gasteiger partial charge on any atom is -0.462 e. The maximum atomic E-state index is 12.7.